The summed E-state index contributed by atoms with van der Waals surface area (Å²) in [6, 6.07) is 0. The molecule has 0 aromatic rings. The summed E-state index contributed by atoms with van der Waals surface area (Å²) in [6.45, 7) is 1.36. The fourth-order valence-corrected chi connectivity index (χ4v) is 6.56. The van der Waals surface area contributed by atoms with Crippen LogP contribution < -0.4 is 0 Å². The van der Waals surface area contributed by atoms with E-state index < -0.39 is 5.79 Å². The highest BCUT2D eigenvalue weighted by molar-refractivity contribution is 9.09. The Morgan fingerprint density at radius 3 is 2.65 bits per heavy atom. The second-order valence-corrected chi connectivity index (χ2v) is 7.07. The van der Waals surface area contributed by atoms with Crippen LogP contribution in [-0.2, 0) is 14.2 Å². The summed E-state index contributed by atoms with van der Waals surface area (Å²) in [5, 5.41) is 10.3. The van der Waals surface area contributed by atoms with Gasteiger partial charge < -0.3 is 19.3 Å². The lowest BCUT2D eigenvalue weighted by molar-refractivity contribution is -0.197. The first-order chi connectivity index (χ1) is 8.24. The third-order valence-electron chi connectivity index (χ3n) is 5.63. The van der Waals surface area contributed by atoms with Gasteiger partial charge in [-0.25, -0.2) is 0 Å². The van der Waals surface area contributed by atoms with E-state index in [2.05, 4.69) is 15.9 Å². The smallest absolute Gasteiger partial charge is 0.178 e. The van der Waals surface area contributed by atoms with Crippen molar-refractivity contribution < 1.29 is 19.3 Å². The van der Waals surface area contributed by atoms with Crippen LogP contribution in [0.15, 0.2) is 0 Å². The maximum Gasteiger partial charge on any atom is 0.178 e. The molecule has 1 spiro atoms. The van der Waals surface area contributed by atoms with Crippen LogP contribution in [0.4, 0.5) is 0 Å². The first-order valence-electron chi connectivity index (χ1n) is 6.49. The van der Waals surface area contributed by atoms with Crippen molar-refractivity contribution >= 4 is 15.9 Å². The van der Waals surface area contributed by atoms with Crippen LogP contribution in [0.3, 0.4) is 0 Å². The highest BCUT2D eigenvalue weighted by atomic mass is 79.9. The molecule has 1 N–H and O–H groups in total. The minimum absolute atomic E-state index is 0.219. The molecule has 2 bridgehead atoms. The quantitative estimate of drug-likeness (QED) is 0.663. The predicted octanol–water partition coefficient (Wildman–Crippen LogP) is 0.517. The van der Waals surface area contributed by atoms with Gasteiger partial charge in [0, 0.05) is 29.0 Å². The first-order valence-corrected chi connectivity index (χ1v) is 7.41. The number of ether oxygens (including phenoxy) is 3. The zero-order valence-electron chi connectivity index (χ0n) is 9.29. The largest absolute Gasteiger partial charge is 0.393 e. The Kier molecular flexibility index (Phi) is 1.73. The average molecular weight is 303 g/mol. The lowest BCUT2D eigenvalue weighted by Gasteiger charge is -2.32. The van der Waals surface area contributed by atoms with E-state index in [1.807, 2.05) is 0 Å². The van der Waals surface area contributed by atoms with Gasteiger partial charge in [-0.1, -0.05) is 15.9 Å². The van der Waals surface area contributed by atoms with Gasteiger partial charge in [0.05, 0.1) is 31.5 Å². The van der Waals surface area contributed by atoms with Crippen molar-refractivity contribution in [2.24, 2.45) is 23.7 Å². The highest BCUT2D eigenvalue weighted by Crippen LogP contribution is 2.71. The standard InChI is InChI=1S/C12H15BrO4/c13-10-8-6-4(14)3-5-7(6)9(11(10)17-5)12(8)15-1-2-16-12/h4-11,14H,1-3H2/t4-,5+,6-,7+,8+,9-,10+,11+/m1/s1. The van der Waals surface area contributed by atoms with Gasteiger partial charge >= 0.3 is 0 Å². The normalized spacial score (nSPS) is 65.3. The maximum absolute atomic E-state index is 10.3. The van der Waals surface area contributed by atoms with Gasteiger partial charge in [0.25, 0.3) is 0 Å². The monoisotopic (exact) mass is 302 g/mol. The van der Waals surface area contributed by atoms with Gasteiger partial charge in [-0.2, -0.15) is 0 Å². The van der Waals surface area contributed by atoms with Crippen molar-refractivity contribution in [3.05, 3.63) is 0 Å². The fourth-order valence-electron chi connectivity index (χ4n) is 5.39. The molecule has 0 aromatic heterocycles. The summed E-state index contributed by atoms with van der Waals surface area (Å²) < 4.78 is 18.1. The molecule has 3 saturated carbocycles. The Hall–Kier alpha value is 0.320. The molecule has 17 heavy (non-hydrogen) atoms. The van der Waals surface area contributed by atoms with Crippen LogP contribution in [0, 0.1) is 23.7 Å². The van der Waals surface area contributed by atoms with E-state index in [-0.39, 0.29) is 29.1 Å². The zero-order chi connectivity index (χ0) is 11.4. The van der Waals surface area contributed by atoms with Crippen molar-refractivity contribution in [2.45, 2.75) is 35.3 Å². The summed E-state index contributed by atoms with van der Waals surface area (Å²) in [7, 11) is 0. The van der Waals surface area contributed by atoms with Gasteiger partial charge in [0.1, 0.15) is 0 Å². The molecule has 2 aliphatic heterocycles. The van der Waals surface area contributed by atoms with Crippen LogP contribution in [0.1, 0.15) is 6.42 Å². The number of hydrogen-bond acceptors (Lipinski definition) is 4. The van der Waals surface area contributed by atoms with E-state index in [4.69, 9.17) is 14.2 Å². The summed E-state index contributed by atoms with van der Waals surface area (Å²) in [4.78, 5) is 0.270. The third-order valence-corrected chi connectivity index (χ3v) is 6.72. The van der Waals surface area contributed by atoms with Crippen LogP contribution in [0.5, 0.6) is 0 Å². The minimum Gasteiger partial charge on any atom is -0.393 e. The van der Waals surface area contributed by atoms with Crippen LogP contribution in [-0.4, -0.2) is 47.2 Å². The Morgan fingerprint density at radius 1 is 1.12 bits per heavy atom. The molecule has 0 aromatic carbocycles. The number of rotatable bonds is 0. The number of hydrogen-bond donors (Lipinski definition) is 1. The SMILES string of the molecule is O[C@@H]1C[C@@H]2O[C@@H]3[C@@H](Br)[C@@H]4[C@H]1[C@H]2[C@H]3C41OCCO1. The molecule has 0 amide bonds. The second kappa shape index (κ2) is 2.90. The topological polar surface area (TPSA) is 47.9 Å². The fraction of sp³-hybridized carbons (Fsp3) is 1.00. The van der Waals surface area contributed by atoms with E-state index in [0.717, 1.165) is 6.42 Å². The second-order valence-electron chi connectivity index (χ2n) is 6.01. The van der Waals surface area contributed by atoms with Crippen molar-refractivity contribution in [3.8, 4) is 0 Å². The van der Waals surface area contributed by atoms with Gasteiger partial charge in [0.2, 0.25) is 0 Å². The van der Waals surface area contributed by atoms with E-state index in [0.29, 0.717) is 31.0 Å². The van der Waals surface area contributed by atoms with Gasteiger partial charge in [0.15, 0.2) is 5.79 Å². The molecule has 8 atom stereocenters. The molecule has 3 aliphatic carbocycles. The summed E-state index contributed by atoms with van der Waals surface area (Å²) in [5.74, 6) is 0.877. The third kappa shape index (κ3) is 0.890. The van der Waals surface area contributed by atoms with Crippen molar-refractivity contribution in [1.29, 1.82) is 0 Å². The zero-order valence-corrected chi connectivity index (χ0v) is 10.9. The molecule has 5 rings (SSSR count). The molecule has 5 fully saturated rings. The van der Waals surface area contributed by atoms with E-state index >= 15 is 0 Å². The van der Waals surface area contributed by atoms with E-state index in [1.165, 1.54) is 0 Å². The van der Waals surface area contributed by atoms with E-state index in [9.17, 15) is 5.11 Å². The van der Waals surface area contributed by atoms with Gasteiger partial charge in [-0.15, -0.1) is 0 Å². The number of aliphatic hydroxyl groups excluding tert-OH is 1. The number of fused-ring (bicyclic) bond motifs is 1. The lowest BCUT2D eigenvalue weighted by atomic mass is 9.81. The maximum atomic E-state index is 10.3. The molecule has 0 unspecified atom stereocenters. The Balaban J connectivity index is 1.70. The molecule has 5 heteroatoms. The van der Waals surface area contributed by atoms with Gasteiger partial charge in [-0.3, -0.25) is 0 Å². The van der Waals surface area contributed by atoms with Crippen LogP contribution in [0.2, 0.25) is 0 Å². The molecular weight excluding hydrogens is 288 g/mol. The molecule has 94 valence electrons. The Bertz CT molecular complexity index is 383. The van der Waals surface area contributed by atoms with Crippen molar-refractivity contribution in [3.63, 3.8) is 0 Å². The van der Waals surface area contributed by atoms with Crippen molar-refractivity contribution in [2.75, 3.05) is 13.2 Å². The van der Waals surface area contributed by atoms with Crippen molar-refractivity contribution in [1.82, 2.24) is 0 Å². The molecular formula is C12H15BrO4. The summed E-state index contributed by atoms with van der Waals surface area (Å²) in [6.07, 6.45) is 0.999. The highest BCUT2D eigenvalue weighted by Gasteiger charge is 2.81. The van der Waals surface area contributed by atoms with Crippen LogP contribution >= 0.6 is 15.9 Å². The van der Waals surface area contributed by atoms with Gasteiger partial charge in [-0.05, 0) is 5.92 Å². The number of aliphatic hydroxyl groups is 1. The molecule has 2 saturated heterocycles. The predicted molar refractivity (Wildman–Crippen MR) is 60.6 cm³/mol. The number of halogens is 1. The molecule has 2 heterocycles. The summed E-state index contributed by atoms with van der Waals surface area (Å²) >= 11 is 3.77. The lowest BCUT2D eigenvalue weighted by Crippen LogP contribution is -2.41. The first kappa shape index (κ1) is 10.1. The van der Waals surface area contributed by atoms with Crippen LogP contribution in [0.25, 0.3) is 0 Å². The molecule has 5 aliphatic rings. The van der Waals surface area contributed by atoms with E-state index in [1.54, 1.807) is 0 Å². The Labute approximate surface area is 108 Å². The average Bonchev–Trinajstić information content (AvgIpc) is 3.00. The Morgan fingerprint density at radius 2 is 1.88 bits per heavy atom. The summed E-state index contributed by atoms with van der Waals surface area (Å²) in [5.41, 5.74) is 0. The molecule has 4 nitrogen and oxygen atoms in total. The molecule has 0 radical (unpaired) electrons. The number of alkyl halides is 1. The minimum atomic E-state index is -0.454.